The molecule has 1 atom stereocenters. The van der Waals surface area contributed by atoms with Crippen LogP contribution in [0.2, 0.25) is 0 Å². The van der Waals surface area contributed by atoms with E-state index in [0.717, 1.165) is 22.3 Å². The molecule has 7 nitrogen and oxygen atoms in total. The van der Waals surface area contributed by atoms with Crippen molar-refractivity contribution in [3.63, 3.8) is 0 Å². The molecule has 32 heavy (non-hydrogen) atoms. The Morgan fingerprint density at radius 1 is 1.03 bits per heavy atom. The topological polar surface area (TPSA) is 105 Å². The summed E-state index contributed by atoms with van der Waals surface area (Å²) in [5.41, 5.74) is 4.18. The average Bonchev–Trinajstić information content (AvgIpc) is 3.08. The number of carbonyl (C=O) groups is 3. The van der Waals surface area contributed by atoms with Crippen molar-refractivity contribution in [3.8, 4) is 11.1 Å². The van der Waals surface area contributed by atoms with Crippen molar-refractivity contribution in [1.29, 1.82) is 0 Å². The predicted molar refractivity (Wildman–Crippen MR) is 112 cm³/mol. The summed E-state index contributed by atoms with van der Waals surface area (Å²) in [6, 6.07) is 14.4. The molecule has 0 aliphatic heterocycles. The van der Waals surface area contributed by atoms with Crippen molar-refractivity contribution in [3.05, 3.63) is 59.7 Å². The number of fused-ring (bicyclic) bond motifs is 3. The summed E-state index contributed by atoms with van der Waals surface area (Å²) in [5, 5.41) is 12.7. The van der Waals surface area contributed by atoms with Gasteiger partial charge in [-0.05, 0) is 28.2 Å². The van der Waals surface area contributed by atoms with Gasteiger partial charge in [-0.2, -0.15) is 8.78 Å². The van der Waals surface area contributed by atoms with E-state index in [0.29, 0.717) is 0 Å². The van der Waals surface area contributed by atoms with E-state index in [1.165, 1.54) is 0 Å². The third-order valence-electron chi connectivity index (χ3n) is 5.36. The molecule has 0 bridgehead atoms. The van der Waals surface area contributed by atoms with Crippen molar-refractivity contribution >= 4 is 18.0 Å². The SMILES string of the molecule is CC(C)[C@H](NC(=O)OCC1c2ccccc2-c2ccccc21)C(=O)NCC(F)(F)C(=O)O. The van der Waals surface area contributed by atoms with Crippen LogP contribution < -0.4 is 10.6 Å². The molecule has 0 spiro atoms. The van der Waals surface area contributed by atoms with Gasteiger partial charge in [0.15, 0.2) is 0 Å². The zero-order valence-electron chi connectivity index (χ0n) is 17.6. The Bertz CT molecular complexity index is 979. The molecule has 1 aliphatic carbocycles. The summed E-state index contributed by atoms with van der Waals surface area (Å²) < 4.78 is 31.9. The number of carboxylic acid groups (broad SMARTS) is 1. The Hall–Kier alpha value is -3.49. The molecule has 0 saturated heterocycles. The van der Waals surface area contributed by atoms with Crippen LogP contribution in [0.4, 0.5) is 13.6 Å². The second-order valence-corrected chi connectivity index (χ2v) is 7.92. The predicted octanol–water partition coefficient (Wildman–Crippen LogP) is 3.39. The van der Waals surface area contributed by atoms with Crippen molar-refractivity contribution in [1.82, 2.24) is 10.6 Å². The number of ether oxygens (including phenoxy) is 1. The lowest BCUT2D eigenvalue weighted by Gasteiger charge is -2.23. The standard InChI is InChI=1S/C23H24F2N2O5/c1-13(2)19(20(28)26-12-23(24,25)21(29)30)27-22(31)32-11-18-16-9-5-3-7-14(16)15-8-4-6-10-17(15)18/h3-10,13,18-19H,11-12H2,1-2H3,(H,26,28)(H,27,31)(H,29,30)/t19-/m0/s1. The second kappa shape index (κ2) is 9.33. The van der Waals surface area contributed by atoms with Crippen LogP contribution in [0.25, 0.3) is 11.1 Å². The van der Waals surface area contributed by atoms with Crippen LogP contribution in [-0.2, 0) is 14.3 Å². The molecule has 9 heteroatoms. The minimum atomic E-state index is -4.11. The number of benzene rings is 2. The molecular formula is C23H24F2N2O5. The van der Waals surface area contributed by atoms with Crippen LogP contribution in [0.5, 0.6) is 0 Å². The number of halogens is 2. The van der Waals surface area contributed by atoms with Gasteiger partial charge in [0.25, 0.3) is 0 Å². The van der Waals surface area contributed by atoms with Crippen LogP contribution in [0.3, 0.4) is 0 Å². The Labute approximate surface area is 183 Å². The third kappa shape index (κ3) is 4.87. The zero-order chi connectivity index (χ0) is 23.5. The number of aliphatic carboxylic acids is 1. The number of alkyl carbamates (subject to hydrolysis) is 1. The highest BCUT2D eigenvalue weighted by atomic mass is 19.3. The highest BCUT2D eigenvalue weighted by Gasteiger charge is 2.40. The summed E-state index contributed by atoms with van der Waals surface area (Å²) >= 11 is 0. The molecule has 0 fully saturated rings. The van der Waals surface area contributed by atoms with Gasteiger partial charge in [0.1, 0.15) is 12.6 Å². The highest BCUT2D eigenvalue weighted by molar-refractivity contribution is 5.87. The summed E-state index contributed by atoms with van der Waals surface area (Å²) in [6.07, 6.45) is -0.870. The number of alkyl halides is 2. The average molecular weight is 446 g/mol. The number of carbonyl (C=O) groups excluding carboxylic acids is 2. The summed E-state index contributed by atoms with van der Waals surface area (Å²) in [7, 11) is 0. The van der Waals surface area contributed by atoms with Gasteiger partial charge in [-0.3, -0.25) is 4.79 Å². The van der Waals surface area contributed by atoms with Gasteiger partial charge in [-0.15, -0.1) is 0 Å². The normalized spacial score (nSPS) is 13.8. The lowest BCUT2D eigenvalue weighted by Crippen LogP contribution is -2.53. The van der Waals surface area contributed by atoms with E-state index in [4.69, 9.17) is 9.84 Å². The molecule has 0 unspecified atom stereocenters. The monoisotopic (exact) mass is 446 g/mol. The molecule has 0 heterocycles. The van der Waals surface area contributed by atoms with Gasteiger partial charge < -0.3 is 20.5 Å². The molecule has 3 rings (SSSR count). The Kier molecular flexibility index (Phi) is 6.76. The minimum absolute atomic E-state index is 0.0311. The molecular weight excluding hydrogens is 422 g/mol. The first-order valence-electron chi connectivity index (χ1n) is 10.1. The van der Waals surface area contributed by atoms with E-state index in [9.17, 15) is 23.2 Å². The van der Waals surface area contributed by atoms with Gasteiger partial charge in [-0.1, -0.05) is 62.4 Å². The third-order valence-corrected chi connectivity index (χ3v) is 5.36. The lowest BCUT2D eigenvalue weighted by atomic mass is 9.98. The fraction of sp³-hybridized carbons (Fsp3) is 0.348. The Morgan fingerprint density at radius 3 is 2.06 bits per heavy atom. The highest BCUT2D eigenvalue weighted by Crippen LogP contribution is 2.44. The molecule has 2 aromatic carbocycles. The Morgan fingerprint density at radius 2 is 1.56 bits per heavy atom. The second-order valence-electron chi connectivity index (χ2n) is 7.92. The van der Waals surface area contributed by atoms with E-state index in [2.05, 4.69) is 5.32 Å². The Balaban J connectivity index is 1.63. The van der Waals surface area contributed by atoms with Crippen LogP contribution in [0, 0.1) is 5.92 Å². The van der Waals surface area contributed by atoms with E-state index in [1.54, 1.807) is 13.8 Å². The summed E-state index contributed by atoms with van der Waals surface area (Å²) in [4.78, 5) is 35.2. The van der Waals surface area contributed by atoms with Crippen molar-refractivity contribution in [2.45, 2.75) is 31.7 Å². The maximum Gasteiger partial charge on any atom is 0.407 e. The maximum absolute atomic E-state index is 13.2. The molecule has 170 valence electrons. The number of hydrogen-bond donors (Lipinski definition) is 3. The minimum Gasteiger partial charge on any atom is -0.477 e. The van der Waals surface area contributed by atoms with Crippen LogP contribution in [0.15, 0.2) is 48.5 Å². The largest absolute Gasteiger partial charge is 0.477 e. The van der Waals surface area contributed by atoms with E-state index < -0.39 is 42.4 Å². The number of hydrogen-bond acceptors (Lipinski definition) is 4. The van der Waals surface area contributed by atoms with Gasteiger partial charge in [0.05, 0.1) is 6.54 Å². The van der Waals surface area contributed by atoms with Crippen molar-refractivity contribution in [2.75, 3.05) is 13.2 Å². The molecule has 0 saturated carbocycles. The van der Waals surface area contributed by atoms with Crippen molar-refractivity contribution < 1.29 is 33.0 Å². The first-order valence-corrected chi connectivity index (χ1v) is 10.1. The fourth-order valence-corrected chi connectivity index (χ4v) is 3.69. The van der Waals surface area contributed by atoms with Gasteiger partial charge in [-0.25, -0.2) is 9.59 Å². The molecule has 0 aromatic heterocycles. The number of amides is 2. The number of nitrogens with one attached hydrogen (secondary N) is 2. The summed E-state index contributed by atoms with van der Waals surface area (Å²) in [5.74, 6) is -8.00. The molecule has 3 N–H and O–H groups in total. The molecule has 0 radical (unpaired) electrons. The quantitative estimate of drug-likeness (QED) is 0.577. The number of rotatable bonds is 8. The van der Waals surface area contributed by atoms with Crippen LogP contribution in [0.1, 0.15) is 30.9 Å². The van der Waals surface area contributed by atoms with Crippen molar-refractivity contribution in [2.24, 2.45) is 5.92 Å². The maximum atomic E-state index is 13.2. The first-order chi connectivity index (χ1) is 15.1. The molecule has 2 amide bonds. The van der Waals surface area contributed by atoms with E-state index in [-0.39, 0.29) is 12.5 Å². The molecule has 2 aromatic rings. The zero-order valence-corrected chi connectivity index (χ0v) is 17.6. The van der Waals surface area contributed by atoms with Gasteiger partial charge in [0, 0.05) is 5.92 Å². The van der Waals surface area contributed by atoms with Gasteiger partial charge >= 0.3 is 18.0 Å². The number of carboxylic acids is 1. The lowest BCUT2D eigenvalue weighted by molar-refractivity contribution is -0.164. The van der Waals surface area contributed by atoms with E-state index in [1.807, 2.05) is 53.8 Å². The van der Waals surface area contributed by atoms with Gasteiger partial charge in [0.2, 0.25) is 5.91 Å². The fourth-order valence-electron chi connectivity index (χ4n) is 3.69. The smallest absolute Gasteiger partial charge is 0.407 e. The van der Waals surface area contributed by atoms with Crippen LogP contribution >= 0.6 is 0 Å². The van der Waals surface area contributed by atoms with Crippen LogP contribution in [-0.4, -0.2) is 48.2 Å². The first kappa shape index (κ1) is 23.2. The molecule has 1 aliphatic rings. The van der Waals surface area contributed by atoms with E-state index >= 15 is 0 Å². The summed E-state index contributed by atoms with van der Waals surface area (Å²) in [6.45, 7) is 1.88.